The Morgan fingerprint density at radius 2 is 1.62 bits per heavy atom. The molecule has 0 aromatic heterocycles. The number of hydrogen-bond donors (Lipinski definition) is 3. The summed E-state index contributed by atoms with van der Waals surface area (Å²) in [6.07, 6.45) is 8.99. The van der Waals surface area contributed by atoms with Crippen molar-refractivity contribution >= 4 is 0 Å². The van der Waals surface area contributed by atoms with Gasteiger partial charge in [0.05, 0.1) is 17.8 Å². The molecule has 0 heterocycles. The van der Waals surface area contributed by atoms with Crippen LogP contribution in [0.2, 0.25) is 0 Å². The molecule has 3 nitrogen and oxygen atoms in total. The van der Waals surface area contributed by atoms with Crippen LogP contribution in [-0.4, -0.2) is 33.1 Å². The lowest BCUT2D eigenvalue weighted by molar-refractivity contribution is -0.186. The summed E-state index contributed by atoms with van der Waals surface area (Å²) in [4.78, 5) is 0. The molecule has 3 heteroatoms. The van der Waals surface area contributed by atoms with Gasteiger partial charge in [0, 0.05) is 5.41 Å². The summed E-state index contributed by atoms with van der Waals surface area (Å²) in [5.74, 6) is 2.69. The summed E-state index contributed by atoms with van der Waals surface area (Å²) in [5, 5.41) is 31.7. The fourth-order valence-corrected chi connectivity index (χ4v) is 7.97. The van der Waals surface area contributed by atoms with Gasteiger partial charge in [-0.1, -0.05) is 13.8 Å². The van der Waals surface area contributed by atoms with E-state index in [2.05, 4.69) is 13.8 Å². The molecule has 3 N–H and O–H groups in total. The highest BCUT2D eigenvalue weighted by molar-refractivity contribution is 5.15. The van der Waals surface area contributed by atoms with Crippen LogP contribution in [0.1, 0.15) is 78.6 Å². The second-order valence-electron chi connectivity index (χ2n) is 10.2. The van der Waals surface area contributed by atoms with Crippen molar-refractivity contribution in [2.24, 2.45) is 34.5 Å². The molecule has 0 saturated heterocycles. The summed E-state index contributed by atoms with van der Waals surface area (Å²) in [7, 11) is 0. The van der Waals surface area contributed by atoms with Crippen LogP contribution in [0, 0.1) is 34.5 Å². The topological polar surface area (TPSA) is 60.7 Å². The van der Waals surface area contributed by atoms with Crippen molar-refractivity contribution in [3.63, 3.8) is 0 Å². The van der Waals surface area contributed by atoms with Crippen molar-refractivity contribution in [3.05, 3.63) is 0 Å². The zero-order valence-corrected chi connectivity index (χ0v) is 15.7. The van der Waals surface area contributed by atoms with Crippen LogP contribution in [-0.2, 0) is 0 Å². The maximum atomic E-state index is 11.3. The van der Waals surface area contributed by atoms with Crippen molar-refractivity contribution in [2.75, 3.05) is 0 Å². The Labute approximate surface area is 146 Å². The largest absolute Gasteiger partial charge is 0.393 e. The van der Waals surface area contributed by atoms with Gasteiger partial charge in [-0.3, -0.25) is 0 Å². The molecule has 4 aliphatic rings. The number of aliphatic hydroxyl groups excluding tert-OH is 2. The monoisotopic (exact) mass is 336 g/mol. The molecular formula is C21H36O3. The summed E-state index contributed by atoms with van der Waals surface area (Å²) < 4.78 is 0. The molecule has 0 radical (unpaired) electrons. The fraction of sp³-hybridized carbons (Fsp3) is 1.00. The van der Waals surface area contributed by atoms with Gasteiger partial charge in [-0.25, -0.2) is 0 Å². The quantitative estimate of drug-likeness (QED) is 0.687. The Balaban J connectivity index is 1.63. The van der Waals surface area contributed by atoms with Crippen LogP contribution in [0.15, 0.2) is 0 Å². The zero-order valence-electron chi connectivity index (χ0n) is 15.7. The lowest BCUT2D eigenvalue weighted by Crippen LogP contribution is -2.59. The number of rotatable bonds is 1. The molecule has 138 valence electrons. The van der Waals surface area contributed by atoms with Gasteiger partial charge in [0.2, 0.25) is 0 Å². The lowest BCUT2D eigenvalue weighted by Gasteiger charge is -2.61. The first-order valence-electron chi connectivity index (χ1n) is 10.3. The van der Waals surface area contributed by atoms with Crippen LogP contribution in [0.4, 0.5) is 0 Å². The van der Waals surface area contributed by atoms with Gasteiger partial charge >= 0.3 is 0 Å². The van der Waals surface area contributed by atoms with Gasteiger partial charge < -0.3 is 15.3 Å². The second kappa shape index (κ2) is 5.44. The first kappa shape index (κ1) is 17.3. The van der Waals surface area contributed by atoms with Crippen molar-refractivity contribution in [2.45, 2.75) is 96.4 Å². The number of aliphatic hydroxyl groups is 3. The molecule has 4 rings (SSSR count). The normalized spacial score (nSPS) is 58.5. The smallest absolute Gasteiger partial charge is 0.0958 e. The molecular weight excluding hydrogens is 300 g/mol. The molecule has 4 fully saturated rings. The molecule has 0 amide bonds. The molecule has 0 aliphatic heterocycles. The highest BCUT2D eigenvalue weighted by atomic mass is 16.3. The average Bonchev–Trinajstić information content (AvgIpc) is 2.81. The fourth-order valence-electron chi connectivity index (χ4n) is 7.97. The van der Waals surface area contributed by atoms with Gasteiger partial charge in [-0.05, 0) is 93.8 Å². The Kier molecular flexibility index (Phi) is 3.92. The maximum absolute atomic E-state index is 11.3. The SMILES string of the molecule is C[C@H](O)[C@@]1(O)CC[C@H]2[C@@H]3CC[C@H]4C[C@H](O)CC[C@]4(C)[C@H]3CC[C@@]21C. The van der Waals surface area contributed by atoms with E-state index in [1.165, 1.54) is 25.7 Å². The molecule has 4 aliphatic carbocycles. The van der Waals surface area contributed by atoms with Crippen molar-refractivity contribution in [3.8, 4) is 0 Å². The van der Waals surface area contributed by atoms with Crippen LogP contribution in [0.3, 0.4) is 0 Å². The lowest BCUT2D eigenvalue weighted by atomic mass is 9.44. The van der Waals surface area contributed by atoms with E-state index in [1.807, 2.05) is 0 Å². The van der Waals surface area contributed by atoms with E-state index in [4.69, 9.17) is 0 Å². The number of fused-ring (bicyclic) bond motifs is 5. The highest BCUT2D eigenvalue weighted by Gasteiger charge is 2.65. The van der Waals surface area contributed by atoms with Crippen LogP contribution >= 0.6 is 0 Å². The Bertz CT molecular complexity index is 505. The van der Waals surface area contributed by atoms with Crippen molar-refractivity contribution in [1.29, 1.82) is 0 Å². The minimum absolute atomic E-state index is 0.0831. The van der Waals surface area contributed by atoms with E-state index >= 15 is 0 Å². The Morgan fingerprint density at radius 1 is 0.917 bits per heavy atom. The van der Waals surface area contributed by atoms with E-state index in [0.717, 1.165) is 38.0 Å². The molecule has 9 atom stereocenters. The standard InChI is InChI=1S/C21H36O3/c1-13(22)21(24)11-8-18-16-5-4-14-12-15(23)6-9-19(14,2)17(16)7-10-20(18,21)3/h13-18,22-24H,4-12H2,1-3H3/t13-,14-,15+,16+,17-,18-,19-,20-,21-/m0/s1. The van der Waals surface area contributed by atoms with Gasteiger partial charge in [-0.15, -0.1) is 0 Å². The third-order valence-corrected chi connectivity index (χ3v) is 9.54. The van der Waals surface area contributed by atoms with Gasteiger partial charge in [0.1, 0.15) is 0 Å². The molecule has 0 aromatic rings. The van der Waals surface area contributed by atoms with E-state index in [-0.39, 0.29) is 11.5 Å². The molecule has 0 bridgehead atoms. The van der Waals surface area contributed by atoms with Crippen molar-refractivity contribution < 1.29 is 15.3 Å². The van der Waals surface area contributed by atoms with Crippen LogP contribution < -0.4 is 0 Å². The first-order chi connectivity index (χ1) is 11.2. The maximum Gasteiger partial charge on any atom is 0.0958 e. The van der Waals surface area contributed by atoms with Gasteiger partial charge in [0.15, 0.2) is 0 Å². The minimum atomic E-state index is -0.900. The van der Waals surface area contributed by atoms with E-state index in [0.29, 0.717) is 23.2 Å². The van der Waals surface area contributed by atoms with Gasteiger partial charge in [-0.2, -0.15) is 0 Å². The van der Waals surface area contributed by atoms with Gasteiger partial charge in [0.25, 0.3) is 0 Å². The summed E-state index contributed by atoms with van der Waals surface area (Å²) >= 11 is 0. The molecule has 4 saturated carbocycles. The van der Waals surface area contributed by atoms with E-state index in [1.54, 1.807) is 6.92 Å². The first-order valence-corrected chi connectivity index (χ1v) is 10.3. The molecule has 0 unspecified atom stereocenters. The van der Waals surface area contributed by atoms with E-state index in [9.17, 15) is 15.3 Å². The van der Waals surface area contributed by atoms with Crippen molar-refractivity contribution in [1.82, 2.24) is 0 Å². The van der Waals surface area contributed by atoms with Crippen LogP contribution in [0.5, 0.6) is 0 Å². The Morgan fingerprint density at radius 3 is 2.33 bits per heavy atom. The predicted octanol–water partition coefficient (Wildman–Crippen LogP) is 3.50. The summed E-state index contributed by atoms with van der Waals surface area (Å²) in [5.41, 5.74) is -0.641. The highest BCUT2D eigenvalue weighted by Crippen LogP contribution is 2.68. The molecule has 0 spiro atoms. The minimum Gasteiger partial charge on any atom is -0.393 e. The molecule has 0 aromatic carbocycles. The third kappa shape index (κ3) is 2.07. The third-order valence-electron chi connectivity index (χ3n) is 9.54. The summed E-state index contributed by atoms with van der Waals surface area (Å²) in [6.45, 7) is 6.53. The average molecular weight is 337 g/mol. The number of hydrogen-bond acceptors (Lipinski definition) is 3. The summed E-state index contributed by atoms with van der Waals surface area (Å²) in [6, 6.07) is 0. The van der Waals surface area contributed by atoms with E-state index < -0.39 is 11.7 Å². The molecule has 24 heavy (non-hydrogen) atoms. The van der Waals surface area contributed by atoms with Crippen LogP contribution in [0.25, 0.3) is 0 Å². The predicted molar refractivity (Wildman–Crippen MR) is 94.4 cm³/mol. The second-order valence-corrected chi connectivity index (χ2v) is 10.2. The Hall–Kier alpha value is -0.120. The zero-order chi connectivity index (χ0) is 17.3.